The van der Waals surface area contributed by atoms with Crippen molar-refractivity contribution < 1.29 is 0 Å². The van der Waals surface area contributed by atoms with Crippen LogP contribution in [0.5, 0.6) is 0 Å². The Kier molecular flexibility index (Phi) is 5.24. The third-order valence-electron chi connectivity index (χ3n) is 15.3. The summed E-state index contributed by atoms with van der Waals surface area (Å²) in [5, 5.41) is 8.30. The van der Waals surface area contributed by atoms with Crippen LogP contribution in [0, 0.1) is 41.5 Å². The molecule has 15 rings (SSSR count). The predicted molar refractivity (Wildman–Crippen MR) is 250 cm³/mol. The number of nitrogens with zero attached hydrogens (tertiary/aromatic N) is 4. The fourth-order valence-corrected chi connectivity index (χ4v) is 13.1. The minimum absolute atomic E-state index is 0.0524. The second-order valence-corrected chi connectivity index (χ2v) is 18.1. The van der Waals surface area contributed by atoms with Gasteiger partial charge in [-0.3, -0.25) is 4.98 Å². The molecule has 0 spiro atoms. The summed E-state index contributed by atoms with van der Waals surface area (Å²) in [6, 6.07) is 37.9. The molecule has 0 saturated carbocycles. The molecule has 4 aliphatic heterocycles. The highest BCUT2D eigenvalue weighted by atomic mass is 15.1. The molecule has 4 aliphatic rings. The first-order chi connectivity index (χ1) is 28.8. The van der Waals surface area contributed by atoms with E-state index < -0.39 is 0 Å². The van der Waals surface area contributed by atoms with Crippen LogP contribution < -0.4 is 32.8 Å². The van der Waals surface area contributed by atoms with Crippen LogP contribution >= 0.6 is 0 Å². The maximum Gasteiger partial charge on any atom is 0.252 e. The lowest BCUT2D eigenvalue weighted by Crippen LogP contribution is -2.66. The molecule has 0 amide bonds. The number of fused-ring (bicyclic) bond motifs is 13. The summed E-state index contributed by atoms with van der Waals surface area (Å²) in [6.07, 6.45) is 3.99. The Hall–Kier alpha value is -6.78. The standard InChI is InChI=1S/C53H36B2N4/c1-25-9-7-11-36-38(25)40-27(3)13-17-32-47(40)57(36)51-44(31-21-23-56-24-22-31)52-46-53-45(51)54(32)34-19-15-29(5)42-43-30(6)16-20-35(50(43)59(53)49(34)42)55(46)33-18-14-28(4)41-39-26(2)10-8-12-37(39)58(52)48(33)41/h7-24H,1-6H3. The van der Waals surface area contributed by atoms with Gasteiger partial charge in [0.1, 0.15) is 0 Å². The van der Waals surface area contributed by atoms with Gasteiger partial charge in [0, 0.05) is 78.0 Å². The molecule has 0 atom stereocenters. The molecular formula is C53H36B2N4. The van der Waals surface area contributed by atoms with Crippen molar-refractivity contribution >= 4 is 112 Å². The van der Waals surface area contributed by atoms with E-state index in [0.29, 0.717) is 0 Å². The highest BCUT2D eigenvalue weighted by Crippen LogP contribution is 2.49. The van der Waals surface area contributed by atoms with E-state index in [-0.39, 0.29) is 13.4 Å². The zero-order valence-electron chi connectivity index (χ0n) is 33.8. The van der Waals surface area contributed by atoms with Crippen LogP contribution in [0.15, 0.2) is 109 Å². The van der Waals surface area contributed by atoms with Gasteiger partial charge in [0.2, 0.25) is 0 Å². The average Bonchev–Trinajstić information content (AvgIpc) is 3.92. The average molecular weight is 751 g/mol. The van der Waals surface area contributed by atoms with Crippen molar-refractivity contribution in [2.45, 2.75) is 41.5 Å². The molecule has 274 valence electrons. The molecule has 8 heterocycles. The molecule has 0 fully saturated rings. The lowest BCUT2D eigenvalue weighted by atomic mass is 9.29. The molecule has 59 heavy (non-hydrogen) atoms. The van der Waals surface area contributed by atoms with Crippen LogP contribution in [0.3, 0.4) is 0 Å². The number of hydrogen-bond acceptors (Lipinski definition) is 1. The van der Waals surface area contributed by atoms with Gasteiger partial charge in [-0.1, -0.05) is 72.8 Å². The SMILES string of the molecule is Cc1cccc2c1c1c(C)ccc3c1n2-c1c2c4c5c(c1-c1ccncc1)-n1c6cccc(C)c6c6c(C)ccc(c61)B5c1ccc(C)c5c6c(C)ccc(c6n-4c15)B23. The van der Waals surface area contributed by atoms with Gasteiger partial charge >= 0.3 is 0 Å². The van der Waals surface area contributed by atoms with Crippen molar-refractivity contribution in [2.24, 2.45) is 0 Å². The van der Waals surface area contributed by atoms with Gasteiger partial charge in [-0.2, -0.15) is 0 Å². The number of pyridine rings is 1. The molecule has 0 bridgehead atoms. The Labute approximate surface area is 341 Å². The van der Waals surface area contributed by atoms with Gasteiger partial charge in [-0.05, 0) is 138 Å². The summed E-state index contributed by atoms with van der Waals surface area (Å²) in [6.45, 7) is 14.0. The van der Waals surface area contributed by atoms with Crippen LogP contribution in [-0.2, 0) is 0 Å². The lowest BCUT2D eigenvalue weighted by molar-refractivity contribution is 1.11. The van der Waals surface area contributed by atoms with Crippen molar-refractivity contribution in [3.8, 4) is 28.2 Å². The number of rotatable bonds is 1. The quantitative estimate of drug-likeness (QED) is 0.156. The highest BCUT2D eigenvalue weighted by Gasteiger charge is 2.51. The Balaban J connectivity index is 1.33. The van der Waals surface area contributed by atoms with E-state index in [9.17, 15) is 0 Å². The molecule has 7 aromatic carbocycles. The van der Waals surface area contributed by atoms with Gasteiger partial charge in [-0.25, -0.2) is 0 Å². The fraction of sp³-hybridized carbons (Fsp3) is 0.113. The van der Waals surface area contributed by atoms with Crippen molar-refractivity contribution in [3.63, 3.8) is 0 Å². The number of aromatic nitrogens is 4. The van der Waals surface area contributed by atoms with E-state index in [1.54, 1.807) is 0 Å². The number of aryl methyl sites for hydroxylation is 6. The molecule has 0 aliphatic carbocycles. The predicted octanol–water partition coefficient (Wildman–Crippen LogP) is 8.18. The maximum atomic E-state index is 4.63. The number of benzene rings is 7. The van der Waals surface area contributed by atoms with Gasteiger partial charge < -0.3 is 13.7 Å². The first-order valence-corrected chi connectivity index (χ1v) is 21.1. The Bertz CT molecular complexity index is 3690. The van der Waals surface area contributed by atoms with Gasteiger partial charge in [0.15, 0.2) is 0 Å². The first-order valence-electron chi connectivity index (χ1n) is 21.1. The Morgan fingerprint density at radius 3 is 1.17 bits per heavy atom. The summed E-state index contributed by atoms with van der Waals surface area (Å²) in [7, 11) is 0. The zero-order chi connectivity index (χ0) is 39.1. The van der Waals surface area contributed by atoms with E-state index in [1.165, 1.54) is 160 Å². The molecule has 0 saturated heterocycles. The Morgan fingerprint density at radius 2 is 0.746 bits per heavy atom. The topological polar surface area (TPSA) is 27.7 Å². The van der Waals surface area contributed by atoms with E-state index in [1.807, 2.05) is 12.4 Å². The lowest BCUT2D eigenvalue weighted by Gasteiger charge is -2.42. The van der Waals surface area contributed by atoms with Gasteiger partial charge in [-0.15, -0.1) is 0 Å². The van der Waals surface area contributed by atoms with Crippen LogP contribution in [0.25, 0.3) is 93.6 Å². The maximum absolute atomic E-state index is 4.63. The van der Waals surface area contributed by atoms with E-state index in [2.05, 4.69) is 157 Å². The number of hydrogen-bond donors (Lipinski definition) is 0. The normalized spacial score (nSPS) is 13.9. The first kappa shape index (κ1) is 31.2. The van der Waals surface area contributed by atoms with Crippen molar-refractivity contribution in [1.29, 1.82) is 0 Å². The molecular weight excluding hydrogens is 714 g/mol. The molecule has 4 aromatic heterocycles. The monoisotopic (exact) mass is 750 g/mol. The van der Waals surface area contributed by atoms with Gasteiger partial charge in [0.25, 0.3) is 13.4 Å². The molecule has 11 aromatic rings. The summed E-state index contributed by atoms with van der Waals surface area (Å²) < 4.78 is 8.17. The molecule has 4 nitrogen and oxygen atoms in total. The summed E-state index contributed by atoms with van der Waals surface area (Å²) in [4.78, 5) is 4.63. The van der Waals surface area contributed by atoms with Crippen molar-refractivity contribution in [1.82, 2.24) is 18.7 Å². The Morgan fingerprint density at radius 1 is 0.373 bits per heavy atom. The van der Waals surface area contributed by atoms with E-state index in [4.69, 9.17) is 0 Å². The van der Waals surface area contributed by atoms with Crippen LogP contribution in [-0.4, -0.2) is 32.1 Å². The summed E-state index contributed by atoms with van der Waals surface area (Å²) >= 11 is 0. The van der Waals surface area contributed by atoms with Crippen molar-refractivity contribution in [3.05, 3.63) is 143 Å². The second kappa shape index (κ2) is 9.90. The zero-order valence-corrected chi connectivity index (χ0v) is 33.8. The van der Waals surface area contributed by atoms with Crippen LogP contribution in [0.2, 0.25) is 0 Å². The summed E-state index contributed by atoms with van der Waals surface area (Å²) in [5.74, 6) is 0. The molecule has 0 unspecified atom stereocenters. The van der Waals surface area contributed by atoms with Gasteiger partial charge in [0.05, 0.1) is 22.4 Å². The fourth-order valence-electron chi connectivity index (χ4n) is 13.1. The molecule has 6 heteroatoms. The van der Waals surface area contributed by atoms with Crippen molar-refractivity contribution in [2.75, 3.05) is 0 Å². The highest BCUT2D eigenvalue weighted by molar-refractivity contribution is 7.04. The minimum atomic E-state index is 0.0524. The minimum Gasteiger partial charge on any atom is -0.311 e. The largest absolute Gasteiger partial charge is 0.311 e. The molecule has 0 N–H and O–H groups in total. The van der Waals surface area contributed by atoms with E-state index >= 15 is 0 Å². The second-order valence-electron chi connectivity index (χ2n) is 18.1. The smallest absolute Gasteiger partial charge is 0.252 e. The van der Waals surface area contributed by atoms with E-state index in [0.717, 1.165) is 0 Å². The molecule has 0 radical (unpaired) electrons. The summed E-state index contributed by atoms with van der Waals surface area (Å²) in [5.41, 5.74) is 31.0. The van der Waals surface area contributed by atoms with Crippen LogP contribution in [0.4, 0.5) is 0 Å². The third kappa shape index (κ3) is 3.19. The third-order valence-corrected chi connectivity index (χ3v) is 15.3. The van der Waals surface area contributed by atoms with Crippen LogP contribution in [0.1, 0.15) is 33.4 Å².